The maximum atomic E-state index is 3.48. The highest BCUT2D eigenvalue weighted by molar-refractivity contribution is 6.82. The van der Waals surface area contributed by atoms with Crippen molar-refractivity contribution in [2.45, 2.75) is 76.9 Å². The van der Waals surface area contributed by atoms with Gasteiger partial charge in [-0.2, -0.15) is 0 Å². The van der Waals surface area contributed by atoms with Gasteiger partial charge in [0.15, 0.2) is 8.24 Å². The van der Waals surface area contributed by atoms with Crippen LogP contribution in [0.15, 0.2) is 18.5 Å². The normalized spacial score (nSPS) is 18.1. The zero-order valence-corrected chi connectivity index (χ0v) is 15.8. The third kappa shape index (κ3) is 3.00. The van der Waals surface area contributed by atoms with E-state index in [1.165, 1.54) is 25.9 Å². The number of rotatable bonds is 5. The van der Waals surface area contributed by atoms with Gasteiger partial charge in [0.1, 0.15) is 0 Å². The summed E-state index contributed by atoms with van der Waals surface area (Å²) in [6.07, 6.45) is 7.51. The molecule has 2 heterocycles. The van der Waals surface area contributed by atoms with Crippen molar-refractivity contribution < 1.29 is 0 Å². The van der Waals surface area contributed by atoms with Crippen molar-refractivity contribution in [2.75, 3.05) is 13.1 Å². The Kier molecular flexibility index (Phi) is 5.37. The molecule has 0 aromatic carbocycles. The average Bonchev–Trinajstić information content (AvgIpc) is 2.89. The van der Waals surface area contributed by atoms with Gasteiger partial charge >= 0.3 is 0 Å². The van der Waals surface area contributed by atoms with Crippen LogP contribution in [0.3, 0.4) is 0 Å². The van der Waals surface area contributed by atoms with Crippen molar-refractivity contribution in [2.24, 2.45) is 0 Å². The molecule has 1 fully saturated rings. The lowest BCUT2D eigenvalue weighted by Crippen LogP contribution is -2.51. The molecule has 1 aliphatic rings. The zero-order chi connectivity index (χ0) is 15.6. The lowest BCUT2D eigenvalue weighted by Gasteiger charge is -2.44. The summed E-state index contributed by atoms with van der Waals surface area (Å²) in [5, 5.41) is 3.48. The Hall–Kier alpha value is -0.543. The maximum absolute atomic E-state index is 3.48. The van der Waals surface area contributed by atoms with Gasteiger partial charge in [0, 0.05) is 0 Å². The van der Waals surface area contributed by atoms with Crippen LogP contribution in [0.25, 0.3) is 0 Å². The van der Waals surface area contributed by atoms with Gasteiger partial charge in [0.25, 0.3) is 0 Å². The number of aromatic nitrogens is 1. The molecular weight excluding hydrogens is 272 g/mol. The van der Waals surface area contributed by atoms with E-state index in [0.29, 0.717) is 0 Å². The number of hydrogen-bond acceptors (Lipinski definition) is 1. The van der Waals surface area contributed by atoms with Crippen molar-refractivity contribution >= 4 is 8.24 Å². The van der Waals surface area contributed by atoms with Crippen LogP contribution in [0.1, 0.15) is 65.9 Å². The highest BCUT2D eigenvalue weighted by Gasteiger charge is 2.45. The molecule has 0 spiro atoms. The maximum Gasteiger partial charge on any atom is 0.168 e. The first kappa shape index (κ1) is 16.8. The molecular formula is C18H34N2Si. The number of nitrogens with zero attached hydrogens (tertiary/aromatic N) is 1. The Labute approximate surface area is 132 Å². The van der Waals surface area contributed by atoms with Crippen LogP contribution in [-0.2, 0) is 0 Å². The van der Waals surface area contributed by atoms with Crippen molar-refractivity contribution in [1.82, 2.24) is 9.55 Å². The molecule has 0 unspecified atom stereocenters. The Morgan fingerprint density at radius 1 is 1.00 bits per heavy atom. The van der Waals surface area contributed by atoms with Gasteiger partial charge in [-0.1, -0.05) is 41.5 Å². The monoisotopic (exact) mass is 306 g/mol. The molecule has 2 nitrogen and oxygen atoms in total. The highest BCUT2D eigenvalue weighted by atomic mass is 28.3. The van der Waals surface area contributed by atoms with E-state index in [9.17, 15) is 0 Å². The molecule has 21 heavy (non-hydrogen) atoms. The van der Waals surface area contributed by atoms with Crippen LogP contribution in [0.4, 0.5) is 0 Å². The van der Waals surface area contributed by atoms with Gasteiger partial charge < -0.3 is 9.55 Å². The predicted octanol–water partition coefficient (Wildman–Crippen LogP) is 4.98. The van der Waals surface area contributed by atoms with Crippen LogP contribution < -0.4 is 5.32 Å². The molecule has 120 valence electrons. The topological polar surface area (TPSA) is 17.0 Å². The summed E-state index contributed by atoms with van der Waals surface area (Å²) >= 11 is 0. The fourth-order valence-corrected chi connectivity index (χ4v) is 11.4. The molecule has 1 saturated heterocycles. The Balaban J connectivity index is 2.35. The number of piperidine rings is 1. The van der Waals surface area contributed by atoms with Crippen LogP contribution in [0, 0.1) is 0 Å². The van der Waals surface area contributed by atoms with Crippen molar-refractivity contribution in [3.63, 3.8) is 0 Å². The third-order valence-corrected chi connectivity index (χ3v) is 12.5. The third-order valence-electron chi connectivity index (χ3n) is 5.75. The van der Waals surface area contributed by atoms with Crippen LogP contribution in [-0.4, -0.2) is 25.6 Å². The molecule has 0 bridgehead atoms. The molecule has 0 saturated carbocycles. The summed E-state index contributed by atoms with van der Waals surface area (Å²) in [5.74, 6) is 0.769. The summed E-state index contributed by atoms with van der Waals surface area (Å²) in [7, 11) is -1.55. The molecule has 0 aliphatic carbocycles. The van der Waals surface area contributed by atoms with Gasteiger partial charge in [-0.15, -0.1) is 0 Å². The van der Waals surface area contributed by atoms with Crippen LogP contribution >= 0.6 is 0 Å². The molecule has 1 N–H and O–H groups in total. The van der Waals surface area contributed by atoms with Gasteiger partial charge in [0.05, 0.1) is 0 Å². The minimum Gasteiger partial charge on any atom is -0.379 e. The minimum atomic E-state index is -1.55. The Bertz CT molecular complexity index is 420. The molecule has 2 rings (SSSR count). The fourth-order valence-electron chi connectivity index (χ4n) is 4.95. The van der Waals surface area contributed by atoms with Crippen LogP contribution in [0.5, 0.6) is 0 Å². The van der Waals surface area contributed by atoms with E-state index in [-0.39, 0.29) is 0 Å². The van der Waals surface area contributed by atoms with E-state index in [4.69, 9.17) is 0 Å². The van der Waals surface area contributed by atoms with Crippen molar-refractivity contribution in [3.8, 4) is 0 Å². The second-order valence-electron chi connectivity index (χ2n) is 7.73. The predicted molar refractivity (Wildman–Crippen MR) is 95.7 cm³/mol. The van der Waals surface area contributed by atoms with E-state index in [1.54, 1.807) is 5.56 Å². The largest absolute Gasteiger partial charge is 0.379 e. The molecule has 1 aromatic rings. The van der Waals surface area contributed by atoms with Gasteiger partial charge in [0.2, 0.25) is 0 Å². The summed E-state index contributed by atoms with van der Waals surface area (Å²) in [6.45, 7) is 17.0. The van der Waals surface area contributed by atoms with Crippen molar-refractivity contribution in [1.29, 1.82) is 0 Å². The Morgan fingerprint density at radius 2 is 1.52 bits per heavy atom. The SMILES string of the molecule is CC(C)[Si](C(C)C)(C(C)C)n1ccc(C2CCNCC2)c1. The molecule has 3 heteroatoms. The van der Waals surface area contributed by atoms with E-state index in [2.05, 4.69) is 69.6 Å². The minimum absolute atomic E-state index is 0.769. The summed E-state index contributed by atoms with van der Waals surface area (Å²) in [4.78, 5) is 0. The van der Waals surface area contributed by atoms with E-state index in [0.717, 1.165) is 22.5 Å². The highest BCUT2D eigenvalue weighted by Crippen LogP contribution is 2.43. The van der Waals surface area contributed by atoms with Crippen LogP contribution in [0.2, 0.25) is 16.6 Å². The zero-order valence-electron chi connectivity index (χ0n) is 14.8. The fraction of sp³-hybridized carbons (Fsp3) is 0.778. The standard InChI is InChI=1S/C18H34N2Si/c1-14(2)21(15(3)4,16(5)6)20-12-9-18(13-20)17-7-10-19-11-8-17/h9,12-17,19H,7-8,10-11H2,1-6H3. The summed E-state index contributed by atoms with van der Waals surface area (Å²) in [6, 6.07) is 2.41. The van der Waals surface area contributed by atoms with E-state index < -0.39 is 8.24 Å². The smallest absolute Gasteiger partial charge is 0.168 e. The average molecular weight is 307 g/mol. The van der Waals surface area contributed by atoms with Gasteiger partial charge in [-0.25, -0.2) is 0 Å². The summed E-state index contributed by atoms with van der Waals surface area (Å²) < 4.78 is 2.68. The molecule has 0 amide bonds. The number of nitrogens with one attached hydrogen (secondary N) is 1. The van der Waals surface area contributed by atoms with Crippen molar-refractivity contribution in [3.05, 3.63) is 24.0 Å². The first-order valence-corrected chi connectivity index (χ1v) is 11.0. The first-order valence-electron chi connectivity index (χ1n) is 8.79. The van der Waals surface area contributed by atoms with E-state index >= 15 is 0 Å². The second kappa shape index (κ2) is 6.70. The second-order valence-corrected chi connectivity index (χ2v) is 13.5. The van der Waals surface area contributed by atoms with Gasteiger partial charge in [-0.05, 0) is 72.5 Å². The molecule has 1 aromatic heterocycles. The summed E-state index contributed by atoms with van der Waals surface area (Å²) in [5.41, 5.74) is 3.89. The van der Waals surface area contributed by atoms with E-state index in [1.807, 2.05) is 0 Å². The molecule has 0 radical (unpaired) electrons. The number of hydrogen-bond donors (Lipinski definition) is 1. The first-order chi connectivity index (χ1) is 9.90. The lowest BCUT2D eigenvalue weighted by atomic mass is 9.92. The van der Waals surface area contributed by atoms with Gasteiger partial charge in [-0.3, -0.25) is 0 Å². The quantitative estimate of drug-likeness (QED) is 0.759. The Morgan fingerprint density at radius 3 is 2.00 bits per heavy atom. The molecule has 0 atom stereocenters. The lowest BCUT2D eigenvalue weighted by molar-refractivity contribution is 0.460. The molecule has 1 aliphatic heterocycles.